The number of halogens is 1. The Labute approximate surface area is 92.7 Å². The van der Waals surface area contributed by atoms with Gasteiger partial charge in [0.25, 0.3) is 0 Å². The molecule has 3 heteroatoms. The molecule has 0 aliphatic carbocycles. The standard InChI is InChI=1S/C11H12ClNS/c1-8(7-12)13-10-4-2-3-9-5-6-14-11(9)10/h2-6,8,13H,7H2,1H3. The van der Waals surface area contributed by atoms with Gasteiger partial charge in [-0.2, -0.15) is 0 Å². The van der Waals surface area contributed by atoms with E-state index in [9.17, 15) is 0 Å². The highest BCUT2D eigenvalue weighted by atomic mass is 35.5. The summed E-state index contributed by atoms with van der Waals surface area (Å²) in [5.41, 5.74) is 1.19. The quantitative estimate of drug-likeness (QED) is 0.781. The molecule has 0 bridgehead atoms. The average Bonchev–Trinajstić information content (AvgIpc) is 2.66. The van der Waals surface area contributed by atoms with Gasteiger partial charge in [0.1, 0.15) is 0 Å². The van der Waals surface area contributed by atoms with Crippen LogP contribution in [0.15, 0.2) is 29.6 Å². The molecule has 0 fully saturated rings. The minimum Gasteiger partial charge on any atom is -0.380 e. The van der Waals surface area contributed by atoms with Crippen LogP contribution in [0.1, 0.15) is 6.92 Å². The van der Waals surface area contributed by atoms with Crippen LogP contribution in [-0.2, 0) is 0 Å². The van der Waals surface area contributed by atoms with Gasteiger partial charge in [-0.1, -0.05) is 12.1 Å². The van der Waals surface area contributed by atoms with E-state index >= 15 is 0 Å². The number of thiophene rings is 1. The number of benzene rings is 1. The molecule has 1 atom stereocenters. The van der Waals surface area contributed by atoms with Gasteiger partial charge in [0.15, 0.2) is 0 Å². The van der Waals surface area contributed by atoms with E-state index in [-0.39, 0.29) is 0 Å². The topological polar surface area (TPSA) is 12.0 Å². The lowest BCUT2D eigenvalue weighted by atomic mass is 10.2. The van der Waals surface area contributed by atoms with Gasteiger partial charge < -0.3 is 5.32 Å². The van der Waals surface area contributed by atoms with Crippen LogP contribution >= 0.6 is 22.9 Å². The van der Waals surface area contributed by atoms with Crippen molar-refractivity contribution in [3.8, 4) is 0 Å². The molecule has 1 nitrogen and oxygen atoms in total. The summed E-state index contributed by atoms with van der Waals surface area (Å²) in [6.45, 7) is 2.08. The van der Waals surface area contributed by atoms with Crippen molar-refractivity contribution >= 4 is 38.7 Å². The smallest absolute Gasteiger partial charge is 0.0574 e. The summed E-state index contributed by atoms with van der Waals surface area (Å²) in [6.07, 6.45) is 0. The third-order valence-electron chi connectivity index (χ3n) is 2.11. The molecule has 1 aromatic heterocycles. The van der Waals surface area contributed by atoms with Gasteiger partial charge in [-0.3, -0.25) is 0 Å². The molecule has 0 aliphatic rings. The molecular weight excluding hydrogens is 214 g/mol. The summed E-state index contributed by atoms with van der Waals surface area (Å²) in [7, 11) is 0. The Morgan fingerprint density at radius 1 is 1.43 bits per heavy atom. The first-order chi connectivity index (χ1) is 6.81. The Kier molecular flexibility index (Phi) is 2.94. The molecule has 1 heterocycles. The summed E-state index contributed by atoms with van der Waals surface area (Å²) >= 11 is 7.53. The van der Waals surface area contributed by atoms with Gasteiger partial charge in [0, 0.05) is 11.9 Å². The van der Waals surface area contributed by atoms with Crippen molar-refractivity contribution in [1.82, 2.24) is 0 Å². The minimum atomic E-state index is 0.310. The van der Waals surface area contributed by atoms with Gasteiger partial charge in [-0.05, 0) is 29.8 Å². The van der Waals surface area contributed by atoms with E-state index in [0.29, 0.717) is 11.9 Å². The van der Waals surface area contributed by atoms with Gasteiger partial charge in [0.05, 0.1) is 10.4 Å². The average molecular weight is 226 g/mol. The van der Waals surface area contributed by atoms with Crippen molar-refractivity contribution < 1.29 is 0 Å². The molecular formula is C11H12ClNS. The highest BCUT2D eigenvalue weighted by molar-refractivity contribution is 7.17. The fraction of sp³-hybridized carbons (Fsp3) is 0.273. The highest BCUT2D eigenvalue weighted by Crippen LogP contribution is 2.28. The normalized spacial score (nSPS) is 13.0. The summed E-state index contributed by atoms with van der Waals surface area (Å²) in [5, 5.41) is 6.80. The van der Waals surface area contributed by atoms with Gasteiger partial charge in [0.2, 0.25) is 0 Å². The van der Waals surface area contributed by atoms with Gasteiger partial charge in [-0.25, -0.2) is 0 Å². The lowest BCUT2D eigenvalue weighted by Crippen LogP contribution is -2.16. The SMILES string of the molecule is CC(CCl)Nc1cccc2ccsc12. The number of hydrogen-bond donors (Lipinski definition) is 1. The maximum atomic E-state index is 5.77. The molecule has 1 N–H and O–H groups in total. The zero-order valence-electron chi connectivity index (χ0n) is 7.96. The molecule has 0 saturated heterocycles. The van der Waals surface area contributed by atoms with Crippen LogP contribution in [0.2, 0.25) is 0 Å². The molecule has 74 valence electrons. The van der Waals surface area contributed by atoms with Crippen molar-refractivity contribution in [3.63, 3.8) is 0 Å². The first kappa shape index (κ1) is 9.81. The second-order valence-electron chi connectivity index (χ2n) is 3.34. The van der Waals surface area contributed by atoms with E-state index in [1.807, 2.05) is 0 Å². The van der Waals surface area contributed by atoms with Crippen molar-refractivity contribution in [1.29, 1.82) is 0 Å². The second kappa shape index (κ2) is 4.20. The lowest BCUT2D eigenvalue weighted by Gasteiger charge is -2.12. The third kappa shape index (κ3) is 1.86. The largest absolute Gasteiger partial charge is 0.380 e. The Balaban J connectivity index is 2.36. The Bertz CT molecular complexity index is 424. The fourth-order valence-electron chi connectivity index (χ4n) is 1.41. The predicted octanol–water partition coefficient (Wildman–Crippen LogP) is 3.94. The minimum absolute atomic E-state index is 0.310. The highest BCUT2D eigenvalue weighted by Gasteiger charge is 2.04. The van der Waals surface area contributed by atoms with Crippen molar-refractivity contribution in [2.45, 2.75) is 13.0 Å². The first-order valence-electron chi connectivity index (χ1n) is 4.60. The van der Waals surface area contributed by atoms with Crippen LogP contribution in [0.4, 0.5) is 5.69 Å². The molecule has 0 spiro atoms. The van der Waals surface area contributed by atoms with Gasteiger partial charge >= 0.3 is 0 Å². The molecule has 14 heavy (non-hydrogen) atoms. The lowest BCUT2D eigenvalue weighted by molar-refractivity contribution is 0.910. The Morgan fingerprint density at radius 3 is 3.07 bits per heavy atom. The summed E-state index contributed by atoms with van der Waals surface area (Å²) in [6, 6.07) is 8.74. The maximum absolute atomic E-state index is 5.77. The molecule has 0 radical (unpaired) electrons. The summed E-state index contributed by atoms with van der Waals surface area (Å²) in [4.78, 5) is 0. The summed E-state index contributed by atoms with van der Waals surface area (Å²) < 4.78 is 1.31. The Hall–Kier alpha value is -0.730. The van der Waals surface area contributed by atoms with Crippen LogP contribution in [0.25, 0.3) is 10.1 Å². The zero-order chi connectivity index (χ0) is 9.97. The molecule has 1 unspecified atom stereocenters. The fourth-order valence-corrected chi connectivity index (χ4v) is 2.36. The number of rotatable bonds is 3. The number of nitrogens with one attached hydrogen (secondary N) is 1. The monoisotopic (exact) mass is 225 g/mol. The molecule has 0 aliphatic heterocycles. The van der Waals surface area contributed by atoms with Crippen molar-refractivity contribution in [2.75, 3.05) is 11.2 Å². The molecule has 2 aromatic rings. The number of fused-ring (bicyclic) bond motifs is 1. The van der Waals surface area contributed by atoms with E-state index in [1.165, 1.54) is 15.8 Å². The van der Waals surface area contributed by atoms with E-state index in [2.05, 4.69) is 41.9 Å². The van der Waals surface area contributed by atoms with Gasteiger partial charge in [-0.15, -0.1) is 22.9 Å². The molecule has 2 rings (SSSR count). The van der Waals surface area contributed by atoms with Crippen molar-refractivity contribution in [2.24, 2.45) is 0 Å². The van der Waals surface area contributed by atoms with Crippen LogP contribution in [0.3, 0.4) is 0 Å². The second-order valence-corrected chi connectivity index (χ2v) is 4.57. The number of anilines is 1. The zero-order valence-corrected chi connectivity index (χ0v) is 9.53. The van der Waals surface area contributed by atoms with E-state index in [0.717, 1.165) is 0 Å². The van der Waals surface area contributed by atoms with E-state index < -0.39 is 0 Å². The molecule has 1 aromatic carbocycles. The molecule has 0 amide bonds. The number of alkyl halides is 1. The van der Waals surface area contributed by atoms with Crippen LogP contribution in [0, 0.1) is 0 Å². The summed E-state index contributed by atoms with van der Waals surface area (Å²) in [5.74, 6) is 0.627. The predicted molar refractivity (Wildman–Crippen MR) is 65.6 cm³/mol. The van der Waals surface area contributed by atoms with Crippen molar-refractivity contribution in [3.05, 3.63) is 29.6 Å². The van der Waals surface area contributed by atoms with Crippen LogP contribution in [0.5, 0.6) is 0 Å². The van der Waals surface area contributed by atoms with E-state index in [1.54, 1.807) is 11.3 Å². The van der Waals surface area contributed by atoms with Crippen LogP contribution < -0.4 is 5.32 Å². The maximum Gasteiger partial charge on any atom is 0.0574 e. The third-order valence-corrected chi connectivity index (χ3v) is 3.54. The van der Waals surface area contributed by atoms with Crippen LogP contribution in [-0.4, -0.2) is 11.9 Å². The molecule has 0 saturated carbocycles. The Morgan fingerprint density at radius 2 is 2.29 bits per heavy atom. The first-order valence-corrected chi connectivity index (χ1v) is 6.01. The van der Waals surface area contributed by atoms with E-state index in [4.69, 9.17) is 11.6 Å². The number of hydrogen-bond acceptors (Lipinski definition) is 2.